The number of rotatable bonds is 13. The zero-order valence-corrected chi connectivity index (χ0v) is 13.9. The molecule has 0 bridgehead atoms. The Kier molecular flexibility index (Phi) is 11.5. The Morgan fingerprint density at radius 1 is 0.714 bits per heavy atom. The minimum Gasteiger partial charge on any atom is -0.265 e. The first-order valence-corrected chi connectivity index (χ1v) is 9.41. The van der Waals surface area contributed by atoms with Crippen molar-refractivity contribution in [3.63, 3.8) is 0 Å². The van der Waals surface area contributed by atoms with Gasteiger partial charge in [0.05, 0.1) is 0 Å². The normalized spacial score (nSPS) is 16.2. The zero-order chi connectivity index (χ0) is 15.2. The van der Waals surface area contributed by atoms with Gasteiger partial charge in [0.15, 0.2) is 0 Å². The fraction of sp³-hybridized carbons (Fsp3) is 1.00. The summed E-state index contributed by atoms with van der Waals surface area (Å²) in [6, 6.07) is 0. The van der Waals surface area contributed by atoms with E-state index in [2.05, 4.69) is 0 Å². The molecule has 3 heteroatoms. The van der Waals surface area contributed by atoms with Gasteiger partial charge in [0, 0.05) is 11.3 Å². The summed E-state index contributed by atoms with van der Waals surface area (Å²) in [6.45, 7) is 0.154. The first-order valence-electron chi connectivity index (χ1n) is 9.41. The number of nitrogens with zero attached hydrogens (tertiary/aromatic N) is 1. The molecule has 0 radical (unpaired) electrons. The maximum absolute atomic E-state index is 10.2. The molecule has 0 atom stereocenters. The summed E-state index contributed by atoms with van der Waals surface area (Å²) < 4.78 is 0. The molecule has 1 saturated carbocycles. The van der Waals surface area contributed by atoms with E-state index in [1.165, 1.54) is 89.9 Å². The Bertz CT molecular complexity index is 250. The summed E-state index contributed by atoms with van der Waals surface area (Å²) >= 11 is 0. The standard InChI is InChI=1S/C18H35NO2/c20-19(21)17-13-8-6-4-2-1-3-5-7-10-14-18-15-11-9-12-16-18/h18H,1-17H2. The summed E-state index contributed by atoms with van der Waals surface area (Å²) in [4.78, 5) is 9.97. The van der Waals surface area contributed by atoms with Gasteiger partial charge in [-0.25, -0.2) is 0 Å². The van der Waals surface area contributed by atoms with E-state index in [0.29, 0.717) is 0 Å². The summed E-state index contributed by atoms with van der Waals surface area (Å²) in [5.74, 6) is 1.05. The van der Waals surface area contributed by atoms with Gasteiger partial charge in [-0.05, 0) is 12.3 Å². The molecule has 0 aliphatic heterocycles. The van der Waals surface area contributed by atoms with E-state index in [1.54, 1.807) is 0 Å². The minimum atomic E-state index is -0.201. The molecule has 0 aromatic carbocycles. The molecule has 0 heterocycles. The third kappa shape index (κ3) is 11.7. The number of hydrogen-bond donors (Lipinski definition) is 0. The van der Waals surface area contributed by atoms with Gasteiger partial charge in [0.1, 0.15) is 0 Å². The third-order valence-corrected chi connectivity index (χ3v) is 4.93. The zero-order valence-electron chi connectivity index (χ0n) is 13.9. The van der Waals surface area contributed by atoms with Crippen LogP contribution in [0.5, 0.6) is 0 Å². The van der Waals surface area contributed by atoms with Crippen molar-refractivity contribution in [2.45, 2.75) is 103 Å². The Morgan fingerprint density at radius 3 is 1.71 bits per heavy atom. The topological polar surface area (TPSA) is 43.1 Å². The van der Waals surface area contributed by atoms with Crippen LogP contribution in [-0.4, -0.2) is 11.5 Å². The Morgan fingerprint density at radius 2 is 1.19 bits per heavy atom. The van der Waals surface area contributed by atoms with Gasteiger partial charge in [-0.15, -0.1) is 0 Å². The van der Waals surface area contributed by atoms with Crippen LogP contribution in [0.2, 0.25) is 0 Å². The highest BCUT2D eigenvalue weighted by atomic mass is 16.6. The van der Waals surface area contributed by atoms with Gasteiger partial charge < -0.3 is 0 Å². The molecule has 0 aromatic rings. The van der Waals surface area contributed by atoms with Crippen LogP contribution in [0.3, 0.4) is 0 Å². The first-order chi connectivity index (χ1) is 10.3. The van der Waals surface area contributed by atoms with E-state index in [9.17, 15) is 10.1 Å². The van der Waals surface area contributed by atoms with Crippen LogP contribution < -0.4 is 0 Å². The largest absolute Gasteiger partial charge is 0.265 e. The summed E-state index contributed by atoms with van der Waals surface area (Å²) in [5.41, 5.74) is 0. The second-order valence-corrected chi connectivity index (χ2v) is 6.88. The molecular formula is C18H35NO2. The molecule has 0 amide bonds. The van der Waals surface area contributed by atoms with Crippen LogP contribution in [0.4, 0.5) is 0 Å². The van der Waals surface area contributed by atoms with E-state index in [1.807, 2.05) is 0 Å². The number of unbranched alkanes of at least 4 members (excludes halogenated alkanes) is 9. The first kappa shape index (κ1) is 18.4. The van der Waals surface area contributed by atoms with Crippen LogP contribution in [0.1, 0.15) is 103 Å². The lowest BCUT2D eigenvalue weighted by Crippen LogP contribution is -2.05. The molecule has 0 saturated heterocycles. The van der Waals surface area contributed by atoms with E-state index in [4.69, 9.17) is 0 Å². The minimum absolute atomic E-state index is 0.154. The van der Waals surface area contributed by atoms with Crippen molar-refractivity contribution < 1.29 is 4.92 Å². The van der Waals surface area contributed by atoms with Gasteiger partial charge in [0.25, 0.3) is 0 Å². The van der Waals surface area contributed by atoms with Crippen molar-refractivity contribution in [2.24, 2.45) is 5.92 Å². The monoisotopic (exact) mass is 297 g/mol. The summed E-state index contributed by atoms with van der Waals surface area (Å²) in [7, 11) is 0. The molecule has 1 aliphatic rings. The predicted molar refractivity (Wildman–Crippen MR) is 89.2 cm³/mol. The molecule has 0 unspecified atom stereocenters. The van der Waals surface area contributed by atoms with Crippen molar-refractivity contribution in [2.75, 3.05) is 6.54 Å². The Balaban J connectivity index is 1.71. The quantitative estimate of drug-likeness (QED) is 0.233. The lowest BCUT2D eigenvalue weighted by atomic mass is 9.85. The SMILES string of the molecule is O=[N+]([O-])CCCCCCCCCCCCC1CCCCC1. The second kappa shape index (κ2) is 13.1. The average Bonchev–Trinajstić information content (AvgIpc) is 2.49. The smallest absolute Gasteiger partial charge is 0.203 e. The van der Waals surface area contributed by atoms with E-state index >= 15 is 0 Å². The molecule has 1 aliphatic carbocycles. The van der Waals surface area contributed by atoms with E-state index in [-0.39, 0.29) is 11.5 Å². The fourth-order valence-corrected chi connectivity index (χ4v) is 3.56. The second-order valence-electron chi connectivity index (χ2n) is 6.88. The highest BCUT2D eigenvalue weighted by molar-refractivity contribution is 4.65. The van der Waals surface area contributed by atoms with Crippen LogP contribution in [0.25, 0.3) is 0 Å². The summed E-state index contributed by atoms with van der Waals surface area (Å²) in [5, 5.41) is 10.2. The van der Waals surface area contributed by atoms with Crippen LogP contribution >= 0.6 is 0 Å². The molecule has 0 spiro atoms. The third-order valence-electron chi connectivity index (χ3n) is 4.93. The maximum atomic E-state index is 10.2. The highest BCUT2D eigenvalue weighted by Gasteiger charge is 2.12. The molecule has 0 N–H and O–H groups in total. The highest BCUT2D eigenvalue weighted by Crippen LogP contribution is 2.28. The van der Waals surface area contributed by atoms with Gasteiger partial charge in [-0.1, -0.05) is 89.9 Å². The molecule has 1 rings (SSSR count). The number of hydrogen-bond acceptors (Lipinski definition) is 2. The summed E-state index contributed by atoms with van der Waals surface area (Å²) in [6.07, 6.45) is 21.5. The lowest BCUT2D eigenvalue weighted by Gasteiger charge is -2.21. The van der Waals surface area contributed by atoms with Crippen molar-refractivity contribution in [1.29, 1.82) is 0 Å². The van der Waals surface area contributed by atoms with Crippen LogP contribution in [-0.2, 0) is 0 Å². The molecule has 3 nitrogen and oxygen atoms in total. The average molecular weight is 297 g/mol. The number of nitro groups is 1. The van der Waals surface area contributed by atoms with Crippen molar-refractivity contribution in [1.82, 2.24) is 0 Å². The molecule has 21 heavy (non-hydrogen) atoms. The van der Waals surface area contributed by atoms with Crippen LogP contribution in [0, 0.1) is 16.0 Å². The fourth-order valence-electron chi connectivity index (χ4n) is 3.56. The Hall–Kier alpha value is -0.600. The molecule has 1 fully saturated rings. The predicted octanol–water partition coefficient (Wildman–Crippen LogP) is 6.13. The Labute approximate surface area is 131 Å². The van der Waals surface area contributed by atoms with Gasteiger partial charge in [0.2, 0.25) is 6.54 Å². The van der Waals surface area contributed by atoms with Crippen molar-refractivity contribution in [3.8, 4) is 0 Å². The van der Waals surface area contributed by atoms with E-state index in [0.717, 1.165) is 18.8 Å². The molecular weight excluding hydrogens is 262 g/mol. The van der Waals surface area contributed by atoms with Crippen molar-refractivity contribution >= 4 is 0 Å². The van der Waals surface area contributed by atoms with Gasteiger partial charge in [-0.3, -0.25) is 10.1 Å². The van der Waals surface area contributed by atoms with E-state index < -0.39 is 0 Å². The maximum Gasteiger partial charge on any atom is 0.203 e. The molecule has 124 valence electrons. The van der Waals surface area contributed by atoms with Gasteiger partial charge >= 0.3 is 0 Å². The van der Waals surface area contributed by atoms with Crippen LogP contribution in [0.15, 0.2) is 0 Å². The molecule has 0 aromatic heterocycles. The van der Waals surface area contributed by atoms with Gasteiger partial charge in [-0.2, -0.15) is 0 Å². The van der Waals surface area contributed by atoms with Crippen molar-refractivity contribution in [3.05, 3.63) is 10.1 Å². The lowest BCUT2D eigenvalue weighted by molar-refractivity contribution is -0.480.